The van der Waals surface area contributed by atoms with Gasteiger partial charge in [-0.3, -0.25) is 9.59 Å². The zero-order valence-electron chi connectivity index (χ0n) is 18.6. The highest BCUT2D eigenvalue weighted by Crippen LogP contribution is 2.37. The quantitative estimate of drug-likeness (QED) is 0.575. The number of benzene rings is 2. The van der Waals surface area contributed by atoms with E-state index in [-0.39, 0.29) is 35.8 Å². The first-order valence-corrected chi connectivity index (χ1v) is 11.4. The first-order chi connectivity index (χ1) is 15.8. The number of nitrogens with one attached hydrogen (secondary N) is 2. The minimum absolute atomic E-state index is 0.0505. The van der Waals surface area contributed by atoms with Crippen LogP contribution in [0.5, 0.6) is 5.75 Å². The van der Waals surface area contributed by atoms with E-state index < -0.39 is 0 Å². The van der Waals surface area contributed by atoms with Gasteiger partial charge in [-0.2, -0.15) is 0 Å². The number of fused-ring (bicyclic) bond motifs is 2. The van der Waals surface area contributed by atoms with Crippen LogP contribution in [0.3, 0.4) is 0 Å². The van der Waals surface area contributed by atoms with Gasteiger partial charge in [-0.1, -0.05) is 11.6 Å². The van der Waals surface area contributed by atoms with E-state index in [1.807, 2.05) is 4.90 Å². The molecular weight excluding hydrogens is 445 g/mol. The van der Waals surface area contributed by atoms with Crippen molar-refractivity contribution in [1.82, 2.24) is 4.90 Å². The standard InChI is InChI=1S/C25H27ClFN3O3/c1-15(31)28-23-14-22(26)24(33-2)11-16(23)3-10-25(32)30-20-8-9-21(30)13-19(12-20)29-18-6-4-17(27)5-7-18/h3-7,10-11,14,19-21,29H,8-9,12-13H2,1-2H3,(H,28,31)/b10-3+/t19-,20-,21+. The van der Waals surface area contributed by atoms with E-state index in [0.29, 0.717) is 22.0 Å². The summed E-state index contributed by atoms with van der Waals surface area (Å²) in [6.45, 7) is 1.42. The number of methoxy groups -OCH3 is 1. The van der Waals surface area contributed by atoms with Crippen LogP contribution in [0.4, 0.5) is 15.8 Å². The van der Waals surface area contributed by atoms with Crippen LogP contribution >= 0.6 is 11.6 Å². The second kappa shape index (κ2) is 9.83. The van der Waals surface area contributed by atoms with E-state index in [1.54, 1.807) is 36.4 Å². The summed E-state index contributed by atoms with van der Waals surface area (Å²) in [6, 6.07) is 10.3. The smallest absolute Gasteiger partial charge is 0.247 e. The average Bonchev–Trinajstić information content (AvgIpc) is 3.04. The maximum Gasteiger partial charge on any atom is 0.247 e. The minimum Gasteiger partial charge on any atom is -0.495 e. The molecule has 0 aromatic heterocycles. The lowest BCUT2D eigenvalue weighted by molar-refractivity contribution is -0.130. The molecule has 2 N–H and O–H groups in total. The normalized spacial score (nSPS) is 21.8. The van der Waals surface area contributed by atoms with Crippen molar-refractivity contribution in [2.45, 2.75) is 50.7 Å². The largest absolute Gasteiger partial charge is 0.495 e. The molecule has 33 heavy (non-hydrogen) atoms. The van der Waals surface area contributed by atoms with Gasteiger partial charge in [-0.15, -0.1) is 0 Å². The average molecular weight is 472 g/mol. The number of amides is 2. The van der Waals surface area contributed by atoms with E-state index in [1.165, 1.54) is 26.2 Å². The molecule has 0 aliphatic carbocycles. The lowest BCUT2D eigenvalue weighted by Gasteiger charge is -2.39. The van der Waals surface area contributed by atoms with Crippen molar-refractivity contribution in [3.63, 3.8) is 0 Å². The lowest BCUT2D eigenvalue weighted by Crippen LogP contribution is -2.49. The molecule has 2 aromatic carbocycles. The molecule has 2 aromatic rings. The number of halogens is 2. The van der Waals surface area contributed by atoms with Crippen LogP contribution in [0.25, 0.3) is 6.08 Å². The maximum atomic E-state index is 13.2. The van der Waals surface area contributed by atoms with Gasteiger partial charge in [-0.05, 0) is 68.2 Å². The number of ether oxygens (including phenoxy) is 1. The van der Waals surface area contributed by atoms with E-state index in [0.717, 1.165) is 31.4 Å². The number of nitrogens with zero attached hydrogens (tertiary/aromatic N) is 1. The molecular formula is C25H27ClFN3O3. The van der Waals surface area contributed by atoms with Gasteiger partial charge in [0.2, 0.25) is 11.8 Å². The number of anilines is 2. The van der Waals surface area contributed by atoms with Crippen molar-refractivity contribution in [3.05, 3.63) is 58.9 Å². The second-order valence-corrected chi connectivity index (χ2v) is 8.95. The van der Waals surface area contributed by atoms with Crippen LogP contribution in [0.15, 0.2) is 42.5 Å². The minimum atomic E-state index is -0.257. The van der Waals surface area contributed by atoms with E-state index in [2.05, 4.69) is 10.6 Å². The molecule has 3 atom stereocenters. The molecule has 8 heteroatoms. The second-order valence-electron chi connectivity index (χ2n) is 8.54. The summed E-state index contributed by atoms with van der Waals surface area (Å²) in [7, 11) is 1.51. The Morgan fingerprint density at radius 1 is 1.15 bits per heavy atom. The Morgan fingerprint density at radius 3 is 2.42 bits per heavy atom. The summed E-state index contributed by atoms with van der Waals surface area (Å²) >= 11 is 6.20. The Bertz CT molecular complexity index is 1060. The summed E-state index contributed by atoms with van der Waals surface area (Å²) in [4.78, 5) is 26.7. The summed E-state index contributed by atoms with van der Waals surface area (Å²) in [5, 5.41) is 6.60. The third-order valence-electron chi connectivity index (χ3n) is 6.24. The fourth-order valence-electron chi connectivity index (χ4n) is 4.85. The van der Waals surface area contributed by atoms with Gasteiger partial charge in [-0.25, -0.2) is 4.39 Å². The molecule has 0 spiro atoms. The molecule has 2 heterocycles. The number of rotatable bonds is 6. The predicted octanol–water partition coefficient (Wildman–Crippen LogP) is 5.09. The number of hydrogen-bond acceptors (Lipinski definition) is 4. The van der Waals surface area contributed by atoms with Gasteiger partial charge in [0, 0.05) is 48.1 Å². The first-order valence-electron chi connectivity index (χ1n) is 11.0. The first kappa shape index (κ1) is 23.1. The van der Waals surface area contributed by atoms with Crippen LogP contribution in [-0.2, 0) is 9.59 Å². The van der Waals surface area contributed by atoms with Crippen molar-refractivity contribution in [3.8, 4) is 5.75 Å². The number of piperidine rings is 1. The molecule has 2 amide bonds. The molecule has 2 aliphatic rings. The number of carbonyl (C=O) groups is 2. The van der Waals surface area contributed by atoms with Crippen LogP contribution in [0.1, 0.15) is 38.2 Å². The van der Waals surface area contributed by atoms with E-state index >= 15 is 0 Å². The highest BCUT2D eigenvalue weighted by Gasteiger charge is 2.42. The summed E-state index contributed by atoms with van der Waals surface area (Å²) in [6.07, 6.45) is 6.87. The van der Waals surface area contributed by atoms with Crippen molar-refractivity contribution >= 4 is 40.9 Å². The third kappa shape index (κ3) is 5.30. The summed E-state index contributed by atoms with van der Waals surface area (Å²) in [5.41, 5.74) is 2.05. The predicted molar refractivity (Wildman–Crippen MR) is 128 cm³/mol. The number of hydrogen-bond donors (Lipinski definition) is 2. The van der Waals surface area contributed by atoms with Gasteiger partial charge >= 0.3 is 0 Å². The Kier molecular flexibility index (Phi) is 6.88. The molecule has 4 rings (SSSR count). The molecule has 0 saturated carbocycles. The highest BCUT2D eigenvalue weighted by molar-refractivity contribution is 6.32. The van der Waals surface area contributed by atoms with Gasteiger partial charge in [0.05, 0.1) is 12.1 Å². The van der Waals surface area contributed by atoms with E-state index in [4.69, 9.17) is 16.3 Å². The molecule has 2 aliphatic heterocycles. The summed E-state index contributed by atoms with van der Waals surface area (Å²) < 4.78 is 18.4. The fourth-order valence-corrected chi connectivity index (χ4v) is 5.09. The Hall–Kier alpha value is -3.06. The topological polar surface area (TPSA) is 70.7 Å². The SMILES string of the molecule is COc1cc(/C=C/C(=O)N2[C@@H]3CC[C@H]2C[C@H](Nc2ccc(F)cc2)C3)c(NC(C)=O)cc1Cl. The van der Waals surface area contributed by atoms with E-state index in [9.17, 15) is 14.0 Å². The monoisotopic (exact) mass is 471 g/mol. The summed E-state index contributed by atoms with van der Waals surface area (Å²) in [5.74, 6) is -0.0742. The van der Waals surface area contributed by atoms with Gasteiger partial charge in [0.1, 0.15) is 11.6 Å². The molecule has 2 fully saturated rings. The maximum absolute atomic E-state index is 13.2. The molecule has 174 valence electrons. The Labute approximate surface area is 197 Å². The molecule has 2 bridgehead atoms. The molecule has 0 radical (unpaired) electrons. The molecule has 2 saturated heterocycles. The van der Waals surface area contributed by atoms with Crippen molar-refractivity contribution in [1.29, 1.82) is 0 Å². The van der Waals surface area contributed by atoms with Crippen molar-refractivity contribution in [2.24, 2.45) is 0 Å². The highest BCUT2D eigenvalue weighted by atomic mass is 35.5. The van der Waals surface area contributed by atoms with Crippen LogP contribution in [0, 0.1) is 5.82 Å². The fraction of sp³-hybridized carbons (Fsp3) is 0.360. The third-order valence-corrected chi connectivity index (χ3v) is 6.54. The van der Waals surface area contributed by atoms with Crippen molar-refractivity contribution < 1.29 is 18.7 Å². The van der Waals surface area contributed by atoms with Gasteiger partial charge in [0.25, 0.3) is 0 Å². The Balaban J connectivity index is 1.46. The van der Waals surface area contributed by atoms with Gasteiger partial charge < -0.3 is 20.3 Å². The van der Waals surface area contributed by atoms with Crippen LogP contribution < -0.4 is 15.4 Å². The van der Waals surface area contributed by atoms with Crippen LogP contribution in [0.2, 0.25) is 5.02 Å². The number of carbonyl (C=O) groups excluding carboxylic acids is 2. The lowest BCUT2D eigenvalue weighted by atomic mass is 9.96. The van der Waals surface area contributed by atoms with Crippen LogP contribution in [-0.4, -0.2) is 41.9 Å². The molecule has 6 nitrogen and oxygen atoms in total. The van der Waals surface area contributed by atoms with Crippen molar-refractivity contribution in [2.75, 3.05) is 17.7 Å². The zero-order chi connectivity index (χ0) is 23.5. The Morgan fingerprint density at radius 2 is 1.82 bits per heavy atom. The zero-order valence-corrected chi connectivity index (χ0v) is 19.4. The van der Waals surface area contributed by atoms with Gasteiger partial charge in [0.15, 0.2) is 0 Å². The molecule has 0 unspecified atom stereocenters.